The number of carbonyl (C=O) groups is 2. The number of para-hydroxylation sites is 1. The molecule has 4 aromatic rings. The number of amides is 2. The topological polar surface area (TPSA) is 61.9 Å². The minimum Gasteiger partial charge on any atom is -0.483 e. The molecule has 0 radical (unpaired) electrons. The zero-order valence-corrected chi connectivity index (χ0v) is 24.6. The SMILES string of the molecule is Cc1ccc(C(C)C)c(OCC(=O)Nc2ccccc2C(=O)N2CCN(C(c3ccccc3)c3ccccc3)CC2)c1. The summed E-state index contributed by atoms with van der Waals surface area (Å²) in [4.78, 5) is 30.9. The van der Waals surface area contributed by atoms with E-state index in [2.05, 4.69) is 72.6 Å². The Morgan fingerprint density at radius 2 is 1.38 bits per heavy atom. The highest BCUT2D eigenvalue weighted by Crippen LogP contribution is 2.30. The summed E-state index contributed by atoms with van der Waals surface area (Å²) in [6.45, 7) is 8.77. The number of hydrogen-bond acceptors (Lipinski definition) is 4. The Labute approximate surface area is 248 Å². The van der Waals surface area contributed by atoms with Crippen molar-refractivity contribution in [3.8, 4) is 5.75 Å². The quantitative estimate of drug-likeness (QED) is 0.248. The van der Waals surface area contributed by atoms with Crippen LogP contribution in [-0.2, 0) is 4.79 Å². The van der Waals surface area contributed by atoms with E-state index in [9.17, 15) is 9.59 Å². The predicted molar refractivity (Wildman–Crippen MR) is 168 cm³/mol. The minimum atomic E-state index is -0.301. The second-order valence-corrected chi connectivity index (χ2v) is 11.1. The van der Waals surface area contributed by atoms with Crippen LogP contribution in [-0.4, -0.2) is 54.4 Å². The first-order valence-electron chi connectivity index (χ1n) is 14.7. The first-order valence-corrected chi connectivity index (χ1v) is 14.7. The molecule has 42 heavy (non-hydrogen) atoms. The van der Waals surface area contributed by atoms with Crippen molar-refractivity contribution in [2.45, 2.75) is 32.7 Å². The van der Waals surface area contributed by atoms with Gasteiger partial charge in [-0.3, -0.25) is 14.5 Å². The molecule has 0 unspecified atom stereocenters. The molecule has 1 heterocycles. The van der Waals surface area contributed by atoms with E-state index < -0.39 is 0 Å². The molecule has 0 spiro atoms. The van der Waals surface area contributed by atoms with Crippen LogP contribution in [0.2, 0.25) is 0 Å². The van der Waals surface area contributed by atoms with Crippen molar-refractivity contribution in [1.29, 1.82) is 0 Å². The molecule has 0 aromatic heterocycles. The zero-order chi connectivity index (χ0) is 29.5. The van der Waals surface area contributed by atoms with E-state index in [1.165, 1.54) is 11.1 Å². The Hall–Kier alpha value is -4.42. The summed E-state index contributed by atoms with van der Waals surface area (Å²) in [5.41, 5.74) is 5.60. The van der Waals surface area contributed by atoms with Crippen LogP contribution in [0.4, 0.5) is 5.69 Å². The molecule has 0 atom stereocenters. The van der Waals surface area contributed by atoms with Crippen LogP contribution in [0.1, 0.15) is 58.4 Å². The van der Waals surface area contributed by atoms with Crippen LogP contribution in [0, 0.1) is 6.92 Å². The van der Waals surface area contributed by atoms with Gasteiger partial charge in [0, 0.05) is 26.2 Å². The Balaban J connectivity index is 1.24. The van der Waals surface area contributed by atoms with E-state index in [1.54, 1.807) is 12.1 Å². The number of rotatable bonds is 9. The second kappa shape index (κ2) is 13.5. The fraction of sp³-hybridized carbons (Fsp3) is 0.278. The average Bonchev–Trinajstić information content (AvgIpc) is 3.01. The average molecular weight is 562 g/mol. The third kappa shape index (κ3) is 6.89. The van der Waals surface area contributed by atoms with Crippen molar-refractivity contribution in [2.75, 3.05) is 38.1 Å². The maximum absolute atomic E-state index is 13.7. The first-order chi connectivity index (χ1) is 20.4. The number of anilines is 1. The van der Waals surface area contributed by atoms with Crippen LogP contribution in [0.25, 0.3) is 0 Å². The van der Waals surface area contributed by atoms with Crippen molar-refractivity contribution in [3.05, 3.63) is 131 Å². The lowest BCUT2D eigenvalue weighted by atomic mass is 9.96. The number of piperazine rings is 1. The van der Waals surface area contributed by atoms with E-state index in [0.717, 1.165) is 24.2 Å². The van der Waals surface area contributed by atoms with E-state index in [0.29, 0.717) is 30.1 Å². The molecule has 2 amide bonds. The van der Waals surface area contributed by atoms with E-state index in [-0.39, 0.29) is 30.4 Å². The molecule has 4 aromatic carbocycles. The number of nitrogens with zero attached hydrogens (tertiary/aromatic N) is 2. The van der Waals surface area contributed by atoms with Gasteiger partial charge in [-0.05, 0) is 53.3 Å². The molecule has 0 bridgehead atoms. The molecule has 1 aliphatic heterocycles. The van der Waals surface area contributed by atoms with E-state index in [4.69, 9.17) is 4.74 Å². The van der Waals surface area contributed by atoms with Gasteiger partial charge in [-0.25, -0.2) is 0 Å². The van der Waals surface area contributed by atoms with Crippen molar-refractivity contribution < 1.29 is 14.3 Å². The minimum absolute atomic E-state index is 0.0804. The number of carbonyl (C=O) groups excluding carboxylic acids is 2. The maximum atomic E-state index is 13.7. The van der Waals surface area contributed by atoms with Gasteiger partial charge in [-0.15, -0.1) is 0 Å². The van der Waals surface area contributed by atoms with Crippen molar-refractivity contribution >= 4 is 17.5 Å². The zero-order valence-electron chi connectivity index (χ0n) is 24.6. The number of nitrogens with one attached hydrogen (secondary N) is 1. The van der Waals surface area contributed by atoms with Gasteiger partial charge in [0.2, 0.25) is 0 Å². The lowest BCUT2D eigenvalue weighted by Crippen LogP contribution is -2.50. The lowest BCUT2D eigenvalue weighted by molar-refractivity contribution is -0.118. The normalized spacial score (nSPS) is 13.8. The molecule has 0 saturated carbocycles. The van der Waals surface area contributed by atoms with Gasteiger partial charge in [0.25, 0.3) is 11.8 Å². The maximum Gasteiger partial charge on any atom is 0.262 e. The largest absolute Gasteiger partial charge is 0.483 e. The molecular formula is C36H39N3O3. The molecule has 1 aliphatic rings. The monoisotopic (exact) mass is 561 g/mol. The van der Waals surface area contributed by atoms with Gasteiger partial charge >= 0.3 is 0 Å². The smallest absolute Gasteiger partial charge is 0.262 e. The summed E-state index contributed by atoms with van der Waals surface area (Å²) in [6.07, 6.45) is 0. The summed E-state index contributed by atoms with van der Waals surface area (Å²) in [7, 11) is 0. The molecule has 1 saturated heterocycles. The second-order valence-electron chi connectivity index (χ2n) is 11.1. The third-order valence-electron chi connectivity index (χ3n) is 7.78. The number of hydrogen-bond donors (Lipinski definition) is 1. The van der Waals surface area contributed by atoms with Crippen LogP contribution >= 0.6 is 0 Å². The number of aryl methyl sites for hydroxylation is 1. The van der Waals surface area contributed by atoms with Gasteiger partial charge < -0.3 is 15.0 Å². The van der Waals surface area contributed by atoms with Crippen molar-refractivity contribution in [3.63, 3.8) is 0 Å². The van der Waals surface area contributed by atoms with E-state index in [1.807, 2.05) is 54.3 Å². The van der Waals surface area contributed by atoms with Crippen molar-refractivity contribution in [1.82, 2.24) is 9.80 Å². The standard InChI is InChI=1S/C36H39N3O3/c1-26(2)30-19-18-27(3)24-33(30)42-25-34(40)37-32-17-11-10-16-31(32)36(41)39-22-20-38(21-23-39)35(28-12-6-4-7-13-28)29-14-8-5-9-15-29/h4-19,24,26,35H,20-23,25H2,1-3H3,(H,37,40). The molecule has 6 nitrogen and oxygen atoms in total. The summed E-state index contributed by atoms with van der Waals surface area (Å²) >= 11 is 0. The van der Waals surface area contributed by atoms with Gasteiger partial charge in [-0.2, -0.15) is 0 Å². The highest BCUT2D eigenvalue weighted by atomic mass is 16.5. The molecule has 1 N–H and O–H groups in total. The molecule has 5 rings (SSSR count). The first kappa shape index (κ1) is 29.1. The summed E-state index contributed by atoms with van der Waals surface area (Å²) < 4.78 is 5.92. The summed E-state index contributed by atoms with van der Waals surface area (Å²) in [5.74, 6) is 0.609. The van der Waals surface area contributed by atoms with Crippen LogP contribution in [0.3, 0.4) is 0 Å². The van der Waals surface area contributed by atoms with Gasteiger partial charge in [-0.1, -0.05) is 98.8 Å². The van der Waals surface area contributed by atoms with Crippen LogP contribution in [0.5, 0.6) is 5.75 Å². The lowest BCUT2D eigenvalue weighted by Gasteiger charge is -2.40. The molecule has 1 fully saturated rings. The summed E-state index contributed by atoms with van der Waals surface area (Å²) in [5, 5.41) is 2.91. The Morgan fingerprint density at radius 1 is 0.786 bits per heavy atom. The highest BCUT2D eigenvalue weighted by Gasteiger charge is 2.29. The molecule has 0 aliphatic carbocycles. The molecule has 6 heteroatoms. The van der Waals surface area contributed by atoms with Gasteiger partial charge in [0.1, 0.15) is 5.75 Å². The fourth-order valence-corrected chi connectivity index (χ4v) is 5.59. The fourth-order valence-electron chi connectivity index (χ4n) is 5.59. The Bertz CT molecular complexity index is 1460. The number of ether oxygens (including phenoxy) is 1. The molecule has 216 valence electrons. The van der Waals surface area contributed by atoms with Gasteiger partial charge in [0.05, 0.1) is 17.3 Å². The predicted octanol–water partition coefficient (Wildman–Crippen LogP) is 6.68. The Morgan fingerprint density at radius 3 is 2.00 bits per heavy atom. The molecular weight excluding hydrogens is 522 g/mol. The third-order valence-corrected chi connectivity index (χ3v) is 7.78. The van der Waals surface area contributed by atoms with E-state index >= 15 is 0 Å². The summed E-state index contributed by atoms with van der Waals surface area (Å²) in [6, 6.07) is 34.4. The van der Waals surface area contributed by atoms with Gasteiger partial charge in [0.15, 0.2) is 6.61 Å². The highest BCUT2D eigenvalue weighted by molar-refractivity contribution is 6.04. The van der Waals surface area contributed by atoms with Crippen molar-refractivity contribution in [2.24, 2.45) is 0 Å². The van der Waals surface area contributed by atoms with Crippen LogP contribution in [0.15, 0.2) is 103 Å². The van der Waals surface area contributed by atoms with Crippen LogP contribution < -0.4 is 10.1 Å². The Kier molecular flexibility index (Phi) is 9.35. The number of benzene rings is 4.